The van der Waals surface area contributed by atoms with E-state index in [4.69, 9.17) is 4.98 Å². The number of nitrogens with zero attached hydrogens (tertiary/aromatic N) is 2. The minimum absolute atomic E-state index is 1.08. The zero-order valence-electron chi connectivity index (χ0n) is 24.4. The Labute approximate surface area is 254 Å². The van der Waals surface area contributed by atoms with Crippen molar-refractivity contribution in [2.24, 2.45) is 0 Å². The number of rotatable bonds is 2. The van der Waals surface area contributed by atoms with Crippen LogP contribution in [0.5, 0.6) is 0 Å². The van der Waals surface area contributed by atoms with E-state index in [1.165, 1.54) is 95.8 Å². The average molecular weight is 726 g/mol. The molecular weight excluding hydrogens is 690 g/mol. The van der Waals surface area contributed by atoms with Crippen LogP contribution in [0.25, 0.3) is 38.8 Å². The van der Waals surface area contributed by atoms with Crippen molar-refractivity contribution < 1.29 is 0 Å². The zero-order valence-corrected chi connectivity index (χ0v) is 28.7. The number of pyridine rings is 1. The Bertz CT molecular complexity index is 1760. The van der Waals surface area contributed by atoms with Gasteiger partial charge in [-0.2, -0.15) is 0 Å². The first-order valence-corrected chi connectivity index (χ1v) is 15.4. The molecule has 196 valence electrons. The van der Waals surface area contributed by atoms with E-state index in [0.29, 0.717) is 0 Å². The van der Waals surface area contributed by atoms with Crippen molar-refractivity contribution in [1.82, 2.24) is 9.55 Å². The van der Waals surface area contributed by atoms with E-state index in [1.54, 1.807) is 0 Å². The number of aryl methyl sites for hydroxylation is 6. The smallest absolute Gasteiger partial charge is 0.0863 e. The lowest BCUT2D eigenvalue weighted by atomic mass is 9.90. The van der Waals surface area contributed by atoms with E-state index >= 15 is 0 Å². The van der Waals surface area contributed by atoms with Crippen molar-refractivity contribution >= 4 is 67.0 Å². The molecule has 4 heteroatoms. The number of hydrogen-bond donors (Lipinski definition) is 0. The van der Waals surface area contributed by atoms with Gasteiger partial charge in [-0.1, -0.05) is 11.6 Å². The Morgan fingerprint density at radius 3 is 1.53 bits per heavy atom. The number of halogens is 2. The van der Waals surface area contributed by atoms with Gasteiger partial charge in [0.2, 0.25) is 0 Å². The van der Waals surface area contributed by atoms with E-state index in [2.05, 4.69) is 144 Å². The number of fused-ring (bicyclic) bond motifs is 3. The molecule has 0 N–H and O–H groups in total. The Morgan fingerprint density at radius 1 is 0.553 bits per heavy atom. The first-order chi connectivity index (χ1) is 17.8. The fraction of sp³-hybridized carbons (Fsp3) is 0.324. The molecule has 2 aromatic heterocycles. The third-order valence-corrected chi connectivity index (χ3v) is 12.0. The van der Waals surface area contributed by atoms with Gasteiger partial charge in [0.1, 0.15) is 0 Å². The molecule has 0 atom stereocenters. The predicted octanol–water partition coefficient (Wildman–Crippen LogP) is 10.4. The summed E-state index contributed by atoms with van der Waals surface area (Å²) in [6.07, 6.45) is 0. The average Bonchev–Trinajstić information content (AvgIpc) is 3.25. The Kier molecular flexibility index (Phi) is 6.99. The Balaban J connectivity index is 2.11. The normalized spacial score (nSPS) is 11.8. The molecule has 38 heavy (non-hydrogen) atoms. The van der Waals surface area contributed by atoms with E-state index in [9.17, 15) is 0 Å². The third kappa shape index (κ3) is 3.80. The molecule has 2 heterocycles. The Morgan fingerprint density at radius 2 is 1.03 bits per heavy atom. The molecule has 0 saturated carbocycles. The highest BCUT2D eigenvalue weighted by atomic mass is 127. The molecule has 0 aliphatic heterocycles. The van der Waals surface area contributed by atoms with Crippen molar-refractivity contribution in [1.29, 1.82) is 0 Å². The molecule has 0 fully saturated rings. The summed E-state index contributed by atoms with van der Waals surface area (Å²) in [5.41, 5.74) is 20.8. The van der Waals surface area contributed by atoms with Gasteiger partial charge in [-0.15, -0.1) is 0 Å². The minimum atomic E-state index is 1.08. The number of hydrogen-bond acceptors (Lipinski definition) is 1. The van der Waals surface area contributed by atoms with E-state index < -0.39 is 0 Å². The van der Waals surface area contributed by atoms with E-state index in [0.717, 1.165) is 11.4 Å². The molecule has 0 radical (unpaired) electrons. The summed E-state index contributed by atoms with van der Waals surface area (Å²) in [5, 5.41) is 2.79. The summed E-state index contributed by atoms with van der Waals surface area (Å²) in [7, 11) is 0. The van der Waals surface area contributed by atoms with Crippen LogP contribution in [0, 0.1) is 83.3 Å². The number of aromatic nitrogens is 2. The quantitative estimate of drug-likeness (QED) is 0.166. The molecule has 0 aliphatic carbocycles. The first kappa shape index (κ1) is 27.6. The van der Waals surface area contributed by atoms with Crippen molar-refractivity contribution in [3.05, 3.63) is 86.7 Å². The number of benzene rings is 3. The van der Waals surface area contributed by atoms with Crippen molar-refractivity contribution in [2.45, 2.75) is 76.2 Å². The maximum Gasteiger partial charge on any atom is 0.0863 e. The molecule has 0 amide bonds. The maximum absolute atomic E-state index is 5.19. The zero-order chi connectivity index (χ0) is 28.0. The fourth-order valence-corrected chi connectivity index (χ4v) is 7.72. The second-order valence-corrected chi connectivity index (χ2v) is 13.3. The summed E-state index contributed by atoms with van der Waals surface area (Å²) in [5.74, 6) is 0. The van der Waals surface area contributed by atoms with Crippen LogP contribution >= 0.6 is 45.2 Å². The highest BCUT2D eigenvalue weighted by Gasteiger charge is 2.26. The van der Waals surface area contributed by atoms with Crippen molar-refractivity contribution in [2.75, 3.05) is 0 Å². The monoisotopic (exact) mass is 726 g/mol. The van der Waals surface area contributed by atoms with Gasteiger partial charge in [0.25, 0.3) is 0 Å². The van der Waals surface area contributed by atoms with Crippen LogP contribution in [-0.2, 0) is 0 Å². The molecule has 0 aliphatic rings. The summed E-state index contributed by atoms with van der Waals surface area (Å²) >= 11 is 4.94. The molecule has 0 unspecified atom stereocenters. The van der Waals surface area contributed by atoms with Gasteiger partial charge in [0.05, 0.1) is 28.1 Å². The molecule has 0 spiro atoms. The fourth-order valence-electron chi connectivity index (χ4n) is 6.13. The molecule has 0 bridgehead atoms. The van der Waals surface area contributed by atoms with E-state index in [-0.39, 0.29) is 0 Å². The van der Waals surface area contributed by atoms with Gasteiger partial charge in [0.15, 0.2) is 0 Å². The Hall–Kier alpha value is -1.93. The van der Waals surface area contributed by atoms with Crippen LogP contribution in [0.2, 0.25) is 0 Å². The molecule has 0 saturated heterocycles. The van der Waals surface area contributed by atoms with Crippen LogP contribution in [0.1, 0.15) is 61.3 Å². The summed E-state index contributed by atoms with van der Waals surface area (Å²) in [4.78, 5) is 5.19. The van der Waals surface area contributed by atoms with Crippen molar-refractivity contribution in [3.8, 4) is 16.9 Å². The van der Waals surface area contributed by atoms with E-state index in [1.807, 2.05) is 0 Å². The van der Waals surface area contributed by atoms with Gasteiger partial charge >= 0.3 is 0 Å². The largest absolute Gasteiger partial charge is 0.308 e. The summed E-state index contributed by atoms with van der Waals surface area (Å²) in [6, 6.07) is 6.90. The predicted molar refractivity (Wildman–Crippen MR) is 182 cm³/mol. The van der Waals surface area contributed by atoms with Gasteiger partial charge in [-0.3, -0.25) is 4.98 Å². The highest BCUT2D eigenvalue weighted by molar-refractivity contribution is 14.1. The minimum Gasteiger partial charge on any atom is -0.308 e. The molecule has 3 aromatic carbocycles. The first-order valence-electron chi connectivity index (χ1n) is 13.2. The maximum atomic E-state index is 5.19. The van der Waals surface area contributed by atoms with Crippen LogP contribution in [0.4, 0.5) is 0 Å². The lowest BCUT2D eigenvalue weighted by molar-refractivity contribution is 1.10. The van der Waals surface area contributed by atoms with Gasteiger partial charge in [-0.25, -0.2) is 0 Å². The lowest BCUT2D eigenvalue weighted by Crippen LogP contribution is -2.06. The summed E-state index contributed by atoms with van der Waals surface area (Å²) in [6.45, 7) is 24.9. The third-order valence-electron chi connectivity index (χ3n) is 9.12. The molecule has 2 nitrogen and oxygen atoms in total. The molecule has 5 rings (SSSR count). The van der Waals surface area contributed by atoms with Gasteiger partial charge in [0, 0.05) is 23.5 Å². The standard InChI is InChI=1S/C34H36I2N2/c1-15-12-13-27(26(14-15)32-31(36)24(10)30(35)25(11)37-32)38-33-22(8)18(4)16(2)20(6)28(33)29-21(7)17(3)19(5)23(9)34(29)38/h12-14H,1-11H3. The van der Waals surface area contributed by atoms with Crippen LogP contribution < -0.4 is 0 Å². The van der Waals surface area contributed by atoms with Gasteiger partial charge in [-0.05, 0) is 184 Å². The van der Waals surface area contributed by atoms with Gasteiger partial charge < -0.3 is 4.57 Å². The topological polar surface area (TPSA) is 17.8 Å². The highest BCUT2D eigenvalue weighted by Crippen LogP contribution is 2.45. The molecule has 5 aromatic rings. The SMILES string of the molecule is Cc1ccc(-n2c3c(C)c(C)c(C)c(C)c3c3c(C)c(C)c(C)c(C)c32)c(-c2nc(C)c(I)c(C)c2I)c1. The van der Waals surface area contributed by atoms with Crippen LogP contribution in [-0.4, -0.2) is 9.55 Å². The summed E-state index contributed by atoms with van der Waals surface area (Å²) < 4.78 is 5.05. The van der Waals surface area contributed by atoms with Crippen molar-refractivity contribution in [3.63, 3.8) is 0 Å². The second-order valence-electron chi connectivity index (χ2n) is 11.1. The molecular formula is C34H36I2N2. The second kappa shape index (κ2) is 9.61. The lowest BCUT2D eigenvalue weighted by Gasteiger charge is -2.20. The van der Waals surface area contributed by atoms with Crippen LogP contribution in [0.3, 0.4) is 0 Å². The van der Waals surface area contributed by atoms with Crippen LogP contribution in [0.15, 0.2) is 18.2 Å².